The molecule has 2 rings (SSSR count). The number of carbonyl (C=O) groups is 6. The summed E-state index contributed by atoms with van der Waals surface area (Å²) in [7, 11) is 0. The normalized spacial score (nSPS) is 13.2. The molecule has 0 aromatic heterocycles. The molecule has 13 nitrogen and oxygen atoms in total. The minimum absolute atomic E-state index is 0.0715. The Bertz CT molecular complexity index is 1520. The van der Waals surface area contributed by atoms with Crippen molar-refractivity contribution in [3.63, 3.8) is 0 Å². The highest BCUT2D eigenvalue weighted by Crippen LogP contribution is 2.23. The first-order chi connectivity index (χ1) is 26.3. The third kappa shape index (κ3) is 19.9. The zero-order valence-corrected chi connectivity index (χ0v) is 33.1. The van der Waals surface area contributed by atoms with Crippen LogP contribution in [0.1, 0.15) is 110 Å². The molecule has 0 aliphatic carbocycles. The van der Waals surface area contributed by atoms with Crippen LogP contribution in [0.3, 0.4) is 0 Å². The summed E-state index contributed by atoms with van der Waals surface area (Å²) in [6.45, 7) is 9.17. The lowest BCUT2D eigenvalue weighted by Crippen LogP contribution is -2.50. The first-order valence-corrected chi connectivity index (χ1v) is 19.8. The van der Waals surface area contributed by atoms with Crippen molar-refractivity contribution in [2.24, 2.45) is 11.8 Å². The number of hydrogen-bond donors (Lipinski definition) is 7. The van der Waals surface area contributed by atoms with Crippen LogP contribution in [0.15, 0.2) is 48.5 Å². The fourth-order valence-corrected chi connectivity index (χ4v) is 6.15. The molecule has 4 atom stereocenters. The second-order valence-electron chi connectivity index (χ2n) is 14.6. The quantitative estimate of drug-likeness (QED) is 0.0533. The minimum atomic E-state index is -1.29. The molecule has 55 heavy (non-hydrogen) atoms. The van der Waals surface area contributed by atoms with E-state index >= 15 is 0 Å². The largest absolute Gasteiger partial charge is 0.481 e. The SMILES string of the molecule is CCCCCCCC[C@H](C)CNCC[C@H](C)C(=O)N[C@H](Cc1cccc(-c2ccc(NC(C)=O)cc2)c1)C(=O)NCC[C@@H](NC(=O)CCCC(=O)O)C(=O)O. The van der Waals surface area contributed by atoms with Gasteiger partial charge in [0.05, 0.1) is 0 Å². The Morgan fingerprint density at radius 2 is 1.42 bits per heavy atom. The van der Waals surface area contributed by atoms with Crippen molar-refractivity contribution in [3.05, 3.63) is 54.1 Å². The van der Waals surface area contributed by atoms with Gasteiger partial charge in [0.2, 0.25) is 23.6 Å². The summed E-state index contributed by atoms with van der Waals surface area (Å²) in [6.07, 6.45) is 9.15. The average molecular weight is 766 g/mol. The molecule has 13 heteroatoms. The van der Waals surface area contributed by atoms with Crippen molar-refractivity contribution in [1.82, 2.24) is 21.3 Å². The lowest BCUT2D eigenvalue weighted by atomic mass is 9.98. The third-order valence-electron chi connectivity index (χ3n) is 9.44. The summed E-state index contributed by atoms with van der Waals surface area (Å²) >= 11 is 0. The molecular weight excluding hydrogens is 702 g/mol. The van der Waals surface area contributed by atoms with Crippen LogP contribution in [-0.2, 0) is 35.2 Å². The van der Waals surface area contributed by atoms with Crippen molar-refractivity contribution in [3.8, 4) is 11.1 Å². The first kappa shape index (κ1) is 46.4. The number of aliphatic carboxylic acids is 2. The number of carbonyl (C=O) groups excluding carboxylic acids is 4. The first-order valence-electron chi connectivity index (χ1n) is 19.8. The van der Waals surface area contributed by atoms with E-state index in [2.05, 4.69) is 40.4 Å². The van der Waals surface area contributed by atoms with E-state index < -0.39 is 35.8 Å². The minimum Gasteiger partial charge on any atom is -0.481 e. The monoisotopic (exact) mass is 765 g/mol. The van der Waals surface area contributed by atoms with Crippen LogP contribution < -0.4 is 26.6 Å². The molecular formula is C42H63N5O8. The van der Waals surface area contributed by atoms with Crippen LogP contribution >= 0.6 is 0 Å². The molecule has 2 aromatic carbocycles. The van der Waals surface area contributed by atoms with E-state index in [0.29, 0.717) is 24.6 Å². The Morgan fingerprint density at radius 1 is 0.709 bits per heavy atom. The topological polar surface area (TPSA) is 203 Å². The average Bonchev–Trinajstić information content (AvgIpc) is 3.13. The molecule has 0 bridgehead atoms. The Balaban J connectivity index is 2.06. The number of hydrogen-bond acceptors (Lipinski definition) is 7. The summed E-state index contributed by atoms with van der Waals surface area (Å²) in [5, 5.41) is 32.7. The van der Waals surface area contributed by atoms with E-state index in [-0.39, 0.29) is 56.4 Å². The van der Waals surface area contributed by atoms with Gasteiger partial charge < -0.3 is 36.8 Å². The predicted octanol–water partition coefficient (Wildman–Crippen LogP) is 5.67. The molecule has 304 valence electrons. The Hall–Kier alpha value is -4.78. The predicted molar refractivity (Wildman–Crippen MR) is 214 cm³/mol. The van der Waals surface area contributed by atoms with E-state index in [1.54, 1.807) is 12.1 Å². The standard InChI is InChI=1S/C42H63N5O8/c1-5-6-7-8-9-10-13-29(2)28-43-24-22-30(3)40(52)47-37(41(53)44-25-23-36(42(54)55)46-38(49)16-12-17-39(50)51)27-32-14-11-15-34(26-32)33-18-20-35(21-19-33)45-31(4)48/h11,14-15,18-21,26,29-30,36-37,43H,5-10,12-13,16-17,22-25,27-28H2,1-4H3,(H,44,53)(H,45,48)(H,46,49)(H,47,52)(H,50,51)(H,54,55)/t29-,30-,36+,37+/m0/s1. The number of carboxylic acids is 2. The second kappa shape index (κ2) is 26.1. The highest BCUT2D eigenvalue weighted by Gasteiger charge is 2.25. The Labute approximate surface area is 326 Å². The lowest BCUT2D eigenvalue weighted by molar-refractivity contribution is -0.142. The third-order valence-corrected chi connectivity index (χ3v) is 9.44. The van der Waals surface area contributed by atoms with Crippen LogP contribution in [0.4, 0.5) is 5.69 Å². The number of carboxylic acid groups (broad SMARTS) is 2. The molecule has 0 fully saturated rings. The molecule has 0 aliphatic rings. The van der Waals surface area contributed by atoms with Gasteiger partial charge in [-0.3, -0.25) is 24.0 Å². The molecule has 0 unspecified atom stereocenters. The summed E-state index contributed by atoms with van der Waals surface area (Å²) < 4.78 is 0. The maximum absolute atomic E-state index is 13.6. The zero-order valence-electron chi connectivity index (χ0n) is 33.1. The van der Waals surface area contributed by atoms with Crippen molar-refractivity contribution >= 4 is 41.3 Å². The summed E-state index contributed by atoms with van der Waals surface area (Å²) in [6, 6.07) is 12.7. The zero-order chi connectivity index (χ0) is 40.6. The molecule has 7 N–H and O–H groups in total. The van der Waals surface area contributed by atoms with Gasteiger partial charge in [-0.2, -0.15) is 0 Å². The maximum Gasteiger partial charge on any atom is 0.326 e. The van der Waals surface area contributed by atoms with Crippen molar-refractivity contribution in [1.29, 1.82) is 0 Å². The van der Waals surface area contributed by atoms with Gasteiger partial charge in [0.1, 0.15) is 12.1 Å². The smallest absolute Gasteiger partial charge is 0.326 e. The van der Waals surface area contributed by atoms with E-state index in [9.17, 15) is 33.9 Å². The molecule has 0 spiro atoms. The van der Waals surface area contributed by atoms with Crippen molar-refractivity contribution < 1.29 is 39.0 Å². The van der Waals surface area contributed by atoms with E-state index in [4.69, 9.17) is 5.11 Å². The molecule has 4 amide bonds. The fraction of sp³-hybridized carbons (Fsp3) is 0.571. The number of benzene rings is 2. The summed E-state index contributed by atoms with van der Waals surface area (Å²) in [5.41, 5.74) is 3.23. The van der Waals surface area contributed by atoms with E-state index in [1.807, 2.05) is 43.3 Å². The van der Waals surface area contributed by atoms with Crippen molar-refractivity contribution in [2.75, 3.05) is 25.0 Å². The molecule has 0 aliphatic heterocycles. The fourth-order valence-electron chi connectivity index (χ4n) is 6.15. The Kier molecular flexibility index (Phi) is 22.0. The van der Waals surface area contributed by atoms with Gasteiger partial charge >= 0.3 is 11.9 Å². The van der Waals surface area contributed by atoms with Gasteiger partial charge in [-0.25, -0.2) is 4.79 Å². The van der Waals surface area contributed by atoms with Gasteiger partial charge in [-0.1, -0.05) is 95.7 Å². The summed E-state index contributed by atoms with van der Waals surface area (Å²) in [4.78, 5) is 73.3. The number of rotatable bonds is 28. The molecule has 0 radical (unpaired) electrons. The molecule has 0 saturated carbocycles. The van der Waals surface area contributed by atoms with E-state index in [0.717, 1.165) is 23.2 Å². The molecule has 2 aromatic rings. The van der Waals surface area contributed by atoms with Gasteiger partial charge in [0, 0.05) is 44.3 Å². The van der Waals surface area contributed by atoms with Gasteiger partial charge in [0.25, 0.3) is 0 Å². The number of anilines is 1. The summed E-state index contributed by atoms with van der Waals surface area (Å²) in [5.74, 6) is -3.70. The molecule has 0 saturated heterocycles. The lowest BCUT2D eigenvalue weighted by Gasteiger charge is -2.22. The van der Waals surface area contributed by atoms with Crippen molar-refractivity contribution in [2.45, 2.75) is 123 Å². The van der Waals surface area contributed by atoms with Gasteiger partial charge in [-0.15, -0.1) is 0 Å². The van der Waals surface area contributed by atoms with Crippen LogP contribution in [-0.4, -0.2) is 77.5 Å². The van der Waals surface area contributed by atoms with Crippen LogP contribution in [0.25, 0.3) is 11.1 Å². The van der Waals surface area contributed by atoms with Crippen LogP contribution in [0.5, 0.6) is 0 Å². The van der Waals surface area contributed by atoms with Crippen LogP contribution in [0, 0.1) is 11.8 Å². The number of nitrogens with one attached hydrogen (secondary N) is 5. The highest BCUT2D eigenvalue weighted by molar-refractivity contribution is 5.90. The molecule has 0 heterocycles. The van der Waals surface area contributed by atoms with Crippen LogP contribution in [0.2, 0.25) is 0 Å². The number of amides is 4. The number of unbranched alkanes of at least 4 members (excludes halogenated alkanes) is 5. The highest BCUT2D eigenvalue weighted by atomic mass is 16.4. The van der Waals surface area contributed by atoms with E-state index in [1.165, 1.54) is 51.9 Å². The van der Waals surface area contributed by atoms with Gasteiger partial charge in [-0.05, 0) is 73.5 Å². The second-order valence-corrected chi connectivity index (χ2v) is 14.6. The van der Waals surface area contributed by atoms with Gasteiger partial charge in [0.15, 0.2) is 0 Å². The maximum atomic E-state index is 13.6. The Morgan fingerprint density at radius 3 is 2.09 bits per heavy atom.